The molecule has 1 saturated heterocycles. The molecule has 2 rings (SSSR count). The summed E-state index contributed by atoms with van der Waals surface area (Å²) in [4.78, 5) is 7.10. The van der Waals surface area contributed by atoms with E-state index in [2.05, 4.69) is 35.1 Å². The lowest BCUT2D eigenvalue weighted by Gasteiger charge is -2.35. The van der Waals surface area contributed by atoms with Crippen LogP contribution in [0.1, 0.15) is 45.1 Å². The monoisotopic (exact) mass is 247 g/mol. The van der Waals surface area contributed by atoms with Crippen molar-refractivity contribution in [3.63, 3.8) is 0 Å². The van der Waals surface area contributed by atoms with Gasteiger partial charge in [0.15, 0.2) is 0 Å². The van der Waals surface area contributed by atoms with Crippen LogP contribution >= 0.6 is 0 Å². The Bertz CT molecular complexity index is 365. The summed E-state index contributed by atoms with van der Waals surface area (Å²) in [7, 11) is 0. The van der Waals surface area contributed by atoms with Crippen LogP contribution in [0.4, 0.5) is 5.82 Å². The summed E-state index contributed by atoms with van der Waals surface area (Å²) in [5, 5.41) is 3.48. The summed E-state index contributed by atoms with van der Waals surface area (Å²) in [5.41, 5.74) is 1.33. The van der Waals surface area contributed by atoms with Gasteiger partial charge >= 0.3 is 0 Å². The predicted molar refractivity (Wildman–Crippen MR) is 76.9 cm³/mol. The Balaban J connectivity index is 2.10. The summed E-state index contributed by atoms with van der Waals surface area (Å²) in [6.45, 7) is 7.67. The molecule has 0 spiro atoms. The molecule has 1 atom stereocenters. The van der Waals surface area contributed by atoms with E-state index in [1.54, 1.807) is 0 Å². The number of hydrogen-bond donors (Lipinski definition) is 1. The van der Waals surface area contributed by atoms with Crippen molar-refractivity contribution in [2.24, 2.45) is 0 Å². The van der Waals surface area contributed by atoms with E-state index in [9.17, 15) is 0 Å². The van der Waals surface area contributed by atoms with Crippen molar-refractivity contribution < 1.29 is 0 Å². The average Bonchev–Trinajstić information content (AvgIpc) is 2.40. The Hall–Kier alpha value is -1.09. The maximum absolute atomic E-state index is 4.62. The quantitative estimate of drug-likeness (QED) is 0.811. The number of piperidine rings is 1. The van der Waals surface area contributed by atoms with Crippen molar-refractivity contribution >= 4 is 5.82 Å². The number of hydrogen-bond acceptors (Lipinski definition) is 3. The molecular formula is C15H25N3. The molecule has 0 bridgehead atoms. The van der Waals surface area contributed by atoms with Gasteiger partial charge in [0.2, 0.25) is 0 Å². The SMILES string of the molecule is CCCNCc1cccnc1N1CCCCC1C. The lowest BCUT2D eigenvalue weighted by molar-refractivity contribution is 0.479. The van der Waals surface area contributed by atoms with Gasteiger partial charge in [0.1, 0.15) is 5.82 Å². The number of anilines is 1. The fourth-order valence-corrected chi connectivity index (χ4v) is 2.64. The first kappa shape index (κ1) is 13.3. The van der Waals surface area contributed by atoms with Gasteiger partial charge in [-0.2, -0.15) is 0 Å². The van der Waals surface area contributed by atoms with E-state index in [0.717, 1.165) is 19.6 Å². The summed E-state index contributed by atoms with van der Waals surface area (Å²) in [5.74, 6) is 1.19. The third-order valence-corrected chi connectivity index (χ3v) is 3.68. The van der Waals surface area contributed by atoms with Gasteiger partial charge in [0.05, 0.1) is 0 Å². The van der Waals surface area contributed by atoms with E-state index in [-0.39, 0.29) is 0 Å². The van der Waals surface area contributed by atoms with Gasteiger partial charge in [-0.1, -0.05) is 13.0 Å². The Morgan fingerprint density at radius 2 is 2.33 bits per heavy atom. The Kier molecular flexibility index (Phi) is 5.00. The second kappa shape index (κ2) is 6.74. The molecule has 1 aromatic heterocycles. The number of rotatable bonds is 5. The highest BCUT2D eigenvalue weighted by molar-refractivity contribution is 5.47. The van der Waals surface area contributed by atoms with Crippen molar-refractivity contribution in [3.8, 4) is 0 Å². The number of aromatic nitrogens is 1. The summed E-state index contributed by atoms with van der Waals surface area (Å²) in [6, 6.07) is 4.87. The molecule has 0 saturated carbocycles. The Morgan fingerprint density at radius 1 is 1.44 bits per heavy atom. The third kappa shape index (κ3) is 3.22. The predicted octanol–water partition coefficient (Wildman–Crippen LogP) is 2.96. The first-order valence-electron chi connectivity index (χ1n) is 7.24. The van der Waals surface area contributed by atoms with E-state index < -0.39 is 0 Å². The van der Waals surface area contributed by atoms with Gasteiger partial charge in [0, 0.05) is 30.9 Å². The maximum atomic E-state index is 4.62. The molecule has 1 N–H and O–H groups in total. The Morgan fingerprint density at radius 3 is 3.11 bits per heavy atom. The standard InChI is InChI=1S/C15H25N3/c1-3-9-16-12-14-8-6-10-17-15(14)18-11-5-4-7-13(18)2/h6,8,10,13,16H,3-5,7,9,11-12H2,1-2H3. The molecule has 2 heterocycles. The van der Waals surface area contributed by atoms with Crippen LogP contribution in [0, 0.1) is 0 Å². The van der Waals surface area contributed by atoms with E-state index in [1.165, 1.54) is 37.1 Å². The maximum Gasteiger partial charge on any atom is 0.133 e. The molecule has 0 aliphatic carbocycles. The molecule has 0 amide bonds. The lowest BCUT2D eigenvalue weighted by Crippen LogP contribution is -2.38. The third-order valence-electron chi connectivity index (χ3n) is 3.68. The Labute approximate surface area is 111 Å². The van der Waals surface area contributed by atoms with Gasteiger partial charge in [-0.05, 0) is 45.2 Å². The normalized spacial score (nSPS) is 20.1. The fourth-order valence-electron chi connectivity index (χ4n) is 2.64. The largest absolute Gasteiger partial charge is 0.354 e. The first-order valence-corrected chi connectivity index (χ1v) is 7.24. The van der Waals surface area contributed by atoms with Gasteiger partial charge in [-0.15, -0.1) is 0 Å². The highest BCUT2D eigenvalue weighted by atomic mass is 15.2. The van der Waals surface area contributed by atoms with Crippen LogP contribution in [0.15, 0.2) is 18.3 Å². The van der Waals surface area contributed by atoms with Gasteiger partial charge in [-0.25, -0.2) is 4.98 Å². The second-order valence-corrected chi connectivity index (χ2v) is 5.20. The molecule has 100 valence electrons. The number of pyridine rings is 1. The van der Waals surface area contributed by atoms with Crippen molar-refractivity contribution in [2.75, 3.05) is 18.0 Å². The molecule has 1 aromatic rings. The zero-order valence-corrected chi connectivity index (χ0v) is 11.7. The summed E-state index contributed by atoms with van der Waals surface area (Å²) >= 11 is 0. The van der Waals surface area contributed by atoms with Crippen molar-refractivity contribution in [1.29, 1.82) is 0 Å². The zero-order valence-electron chi connectivity index (χ0n) is 11.7. The molecule has 1 aliphatic heterocycles. The fraction of sp³-hybridized carbons (Fsp3) is 0.667. The minimum atomic E-state index is 0.624. The van der Waals surface area contributed by atoms with Crippen LogP contribution in [-0.4, -0.2) is 24.1 Å². The van der Waals surface area contributed by atoms with Gasteiger partial charge in [0.25, 0.3) is 0 Å². The van der Waals surface area contributed by atoms with Crippen LogP contribution < -0.4 is 10.2 Å². The minimum absolute atomic E-state index is 0.624. The van der Waals surface area contributed by atoms with Gasteiger partial charge < -0.3 is 10.2 Å². The van der Waals surface area contributed by atoms with E-state index in [0.29, 0.717) is 6.04 Å². The molecule has 0 aromatic carbocycles. The summed E-state index contributed by atoms with van der Waals surface area (Å²) < 4.78 is 0. The van der Waals surface area contributed by atoms with Crippen LogP contribution in [0.2, 0.25) is 0 Å². The molecule has 3 heteroatoms. The number of nitrogens with zero attached hydrogens (tertiary/aromatic N) is 2. The van der Waals surface area contributed by atoms with Crippen LogP contribution in [0.3, 0.4) is 0 Å². The van der Waals surface area contributed by atoms with E-state index in [1.807, 2.05) is 12.3 Å². The molecule has 1 fully saturated rings. The van der Waals surface area contributed by atoms with E-state index >= 15 is 0 Å². The highest BCUT2D eigenvalue weighted by Gasteiger charge is 2.21. The minimum Gasteiger partial charge on any atom is -0.354 e. The molecule has 1 unspecified atom stereocenters. The van der Waals surface area contributed by atoms with Crippen molar-refractivity contribution in [2.45, 2.75) is 52.1 Å². The molecule has 1 aliphatic rings. The smallest absolute Gasteiger partial charge is 0.133 e. The molecule has 3 nitrogen and oxygen atoms in total. The molecular weight excluding hydrogens is 222 g/mol. The van der Waals surface area contributed by atoms with Crippen LogP contribution in [0.25, 0.3) is 0 Å². The van der Waals surface area contributed by atoms with Crippen LogP contribution in [0.5, 0.6) is 0 Å². The topological polar surface area (TPSA) is 28.2 Å². The number of nitrogens with one attached hydrogen (secondary N) is 1. The average molecular weight is 247 g/mol. The second-order valence-electron chi connectivity index (χ2n) is 5.20. The highest BCUT2D eigenvalue weighted by Crippen LogP contribution is 2.25. The summed E-state index contributed by atoms with van der Waals surface area (Å²) in [6.07, 6.45) is 7.03. The van der Waals surface area contributed by atoms with Gasteiger partial charge in [-0.3, -0.25) is 0 Å². The molecule has 18 heavy (non-hydrogen) atoms. The zero-order chi connectivity index (χ0) is 12.8. The molecule has 0 radical (unpaired) electrons. The van der Waals surface area contributed by atoms with Crippen molar-refractivity contribution in [1.82, 2.24) is 10.3 Å². The first-order chi connectivity index (χ1) is 8.83. The van der Waals surface area contributed by atoms with E-state index in [4.69, 9.17) is 0 Å². The van der Waals surface area contributed by atoms with Crippen LogP contribution in [-0.2, 0) is 6.54 Å². The lowest BCUT2D eigenvalue weighted by atomic mass is 10.0. The van der Waals surface area contributed by atoms with Crippen molar-refractivity contribution in [3.05, 3.63) is 23.9 Å².